The van der Waals surface area contributed by atoms with E-state index in [1.54, 1.807) is 24.3 Å². The third-order valence-corrected chi connectivity index (χ3v) is 3.14. The van der Waals surface area contributed by atoms with Gasteiger partial charge in [0, 0.05) is 6.42 Å². The van der Waals surface area contributed by atoms with Gasteiger partial charge < -0.3 is 9.47 Å². The Morgan fingerprint density at radius 2 is 2.06 bits per heavy atom. The standard InChI is InChI=1S/C13H15ClO4/c1-9-11(7-8-12(16-9)18-14)17-13(15)10-5-3-2-4-6-10/h2-6,9,11-12H,7-8H2,1H3/t9-,11+,12-/m1/s1. The van der Waals surface area contributed by atoms with Crippen LogP contribution in [-0.2, 0) is 13.8 Å². The predicted octanol–water partition coefficient (Wildman–Crippen LogP) is 2.91. The maximum Gasteiger partial charge on any atom is 0.338 e. The molecule has 0 saturated carbocycles. The lowest BCUT2D eigenvalue weighted by atomic mass is 10.1. The van der Waals surface area contributed by atoms with Crippen molar-refractivity contribution in [1.29, 1.82) is 0 Å². The van der Waals surface area contributed by atoms with E-state index in [0.29, 0.717) is 18.4 Å². The maximum atomic E-state index is 11.9. The number of hydrogen-bond acceptors (Lipinski definition) is 4. The Labute approximate surface area is 111 Å². The molecule has 1 aliphatic heterocycles. The van der Waals surface area contributed by atoms with E-state index in [1.165, 1.54) is 0 Å². The maximum absolute atomic E-state index is 11.9. The molecule has 0 unspecified atom stereocenters. The van der Waals surface area contributed by atoms with Crippen molar-refractivity contribution in [3.63, 3.8) is 0 Å². The highest BCUT2D eigenvalue weighted by atomic mass is 35.5. The fourth-order valence-corrected chi connectivity index (χ4v) is 2.06. The molecule has 1 fully saturated rings. The second-order valence-corrected chi connectivity index (χ2v) is 4.43. The zero-order valence-corrected chi connectivity index (χ0v) is 10.8. The smallest absolute Gasteiger partial charge is 0.338 e. The van der Waals surface area contributed by atoms with E-state index in [2.05, 4.69) is 4.29 Å². The first-order valence-corrected chi connectivity index (χ1v) is 6.20. The van der Waals surface area contributed by atoms with Gasteiger partial charge in [0.1, 0.15) is 6.10 Å². The van der Waals surface area contributed by atoms with Gasteiger partial charge in [0.15, 0.2) is 6.29 Å². The number of esters is 1. The van der Waals surface area contributed by atoms with Gasteiger partial charge in [0.2, 0.25) is 0 Å². The number of halogens is 1. The summed E-state index contributed by atoms with van der Waals surface area (Å²) >= 11 is 5.26. The largest absolute Gasteiger partial charge is 0.456 e. The number of carbonyl (C=O) groups excluding carboxylic acids is 1. The predicted molar refractivity (Wildman–Crippen MR) is 66.2 cm³/mol. The average Bonchev–Trinajstić information content (AvgIpc) is 2.42. The topological polar surface area (TPSA) is 44.8 Å². The van der Waals surface area contributed by atoms with Gasteiger partial charge in [0.05, 0.1) is 23.5 Å². The van der Waals surface area contributed by atoms with Crippen molar-refractivity contribution in [2.24, 2.45) is 0 Å². The lowest BCUT2D eigenvalue weighted by Gasteiger charge is -2.32. The molecule has 1 aliphatic rings. The molecule has 5 heteroatoms. The molecule has 0 aliphatic carbocycles. The first-order chi connectivity index (χ1) is 8.70. The van der Waals surface area contributed by atoms with Crippen molar-refractivity contribution in [2.75, 3.05) is 0 Å². The van der Waals surface area contributed by atoms with Gasteiger partial charge in [-0.05, 0) is 25.5 Å². The zero-order chi connectivity index (χ0) is 13.0. The van der Waals surface area contributed by atoms with Crippen LogP contribution in [0.15, 0.2) is 30.3 Å². The van der Waals surface area contributed by atoms with Crippen LogP contribution in [-0.4, -0.2) is 24.5 Å². The summed E-state index contributed by atoms with van der Waals surface area (Å²) in [7, 11) is 0. The quantitative estimate of drug-likeness (QED) is 0.792. The van der Waals surface area contributed by atoms with Crippen LogP contribution >= 0.6 is 11.9 Å². The molecule has 0 radical (unpaired) electrons. The molecule has 0 aromatic heterocycles. The molecule has 0 bridgehead atoms. The molecule has 1 heterocycles. The summed E-state index contributed by atoms with van der Waals surface area (Å²) < 4.78 is 15.5. The number of benzene rings is 1. The number of carbonyl (C=O) groups is 1. The summed E-state index contributed by atoms with van der Waals surface area (Å²) in [5, 5.41) is 0. The third-order valence-electron chi connectivity index (χ3n) is 2.94. The van der Waals surface area contributed by atoms with Crippen LogP contribution in [0.25, 0.3) is 0 Å². The zero-order valence-electron chi connectivity index (χ0n) is 10.0. The Morgan fingerprint density at radius 1 is 1.33 bits per heavy atom. The van der Waals surface area contributed by atoms with Crippen molar-refractivity contribution < 1.29 is 18.6 Å². The Kier molecular flexibility index (Phi) is 4.58. The SMILES string of the molecule is C[C@H]1O[C@H](OCl)CC[C@@H]1OC(=O)c1ccccc1. The summed E-state index contributed by atoms with van der Waals surface area (Å²) in [4.78, 5) is 11.9. The van der Waals surface area contributed by atoms with Crippen LogP contribution < -0.4 is 0 Å². The highest BCUT2D eigenvalue weighted by Gasteiger charge is 2.31. The van der Waals surface area contributed by atoms with E-state index < -0.39 is 6.29 Å². The van der Waals surface area contributed by atoms with E-state index in [4.69, 9.17) is 21.3 Å². The Hall–Kier alpha value is -1.10. The molecule has 98 valence electrons. The van der Waals surface area contributed by atoms with E-state index in [-0.39, 0.29) is 18.2 Å². The van der Waals surface area contributed by atoms with Gasteiger partial charge in [-0.1, -0.05) is 18.2 Å². The number of ether oxygens (including phenoxy) is 2. The van der Waals surface area contributed by atoms with Crippen LogP contribution in [0.4, 0.5) is 0 Å². The molecule has 3 atom stereocenters. The highest BCUT2D eigenvalue weighted by molar-refractivity contribution is 6.07. The molecule has 1 aromatic carbocycles. The van der Waals surface area contributed by atoms with Crippen LogP contribution in [0.3, 0.4) is 0 Å². The Morgan fingerprint density at radius 3 is 2.67 bits per heavy atom. The Balaban J connectivity index is 1.92. The number of hydrogen-bond donors (Lipinski definition) is 0. The third kappa shape index (κ3) is 3.22. The lowest BCUT2D eigenvalue weighted by molar-refractivity contribution is -0.179. The van der Waals surface area contributed by atoms with Crippen LogP contribution in [0.5, 0.6) is 0 Å². The first-order valence-electron chi connectivity index (χ1n) is 5.89. The van der Waals surface area contributed by atoms with Gasteiger partial charge >= 0.3 is 5.97 Å². The fraction of sp³-hybridized carbons (Fsp3) is 0.462. The van der Waals surface area contributed by atoms with Gasteiger partial charge in [0.25, 0.3) is 0 Å². The van der Waals surface area contributed by atoms with E-state index >= 15 is 0 Å². The van der Waals surface area contributed by atoms with Crippen LogP contribution in [0.2, 0.25) is 0 Å². The minimum Gasteiger partial charge on any atom is -0.456 e. The summed E-state index contributed by atoms with van der Waals surface area (Å²) in [6.07, 6.45) is 0.377. The van der Waals surface area contributed by atoms with Crippen molar-refractivity contribution in [3.8, 4) is 0 Å². The van der Waals surface area contributed by atoms with Crippen molar-refractivity contribution in [2.45, 2.75) is 38.3 Å². The van der Waals surface area contributed by atoms with Gasteiger partial charge in [-0.15, -0.1) is 0 Å². The molecule has 4 nitrogen and oxygen atoms in total. The summed E-state index contributed by atoms with van der Waals surface area (Å²) in [5.74, 6) is -0.332. The van der Waals surface area contributed by atoms with Crippen LogP contribution in [0.1, 0.15) is 30.1 Å². The molecule has 0 N–H and O–H groups in total. The molecule has 1 saturated heterocycles. The van der Waals surface area contributed by atoms with E-state index in [1.807, 2.05) is 13.0 Å². The second kappa shape index (κ2) is 6.18. The van der Waals surface area contributed by atoms with Gasteiger partial charge in [-0.25, -0.2) is 9.08 Å². The lowest BCUT2D eigenvalue weighted by Crippen LogP contribution is -2.39. The van der Waals surface area contributed by atoms with Crippen LogP contribution in [0, 0.1) is 0 Å². The fourth-order valence-electron chi connectivity index (χ4n) is 1.93. The first kappa shape index (κ1) is 13.3. The minimum absolute atomic E-state index is 0.227. The van der Waals surface area contributed by atoms with Crippen molar-refractivity contribution >= 4 is 17.8 Å². The molecule has 2 rings (SSSR count). The van der Waals surface area contributed by atoms with Crippen molar-refractivity contribution in [1.82, 2.24) is 0 Å². The van der Waals surface area contributed by atoms with E-state index in [9.17, 15) is 4.79 Å². The summed E-state index contributed by atoms with van der Waals surface area (Å²) in [6.45, 7) is 1.84. The monoisotopic (exact) mass is 270 g/mol. The Bertz CT molecular complexity index is 395. The summed E-state index contributed by atoms with van der Waals surface area (Å²) in [5.41, 5.74) is 0.542. The molecule has 18 heavy (non-hydrogen) atoms. The molecule has 1 aromatic rings. The van der Waals surface area contributed by atoms with E-state index in [0.717, 1.165) is 0 Å². The molecule has 0 amide bonds. The van der Waals surface area contributed by atoms with Crippen molar-refractivity contribution in [3.05, 3.63) is 35.9 Å². The minimum atomic E-state index is -0.423. The summed E-state index contributed by atoms with van der Waals surface area (Å²) in [6, 6.07) is 8.90. The van der Waals surface area contributed by atoms with Gasteiger partial charge in [-0.3, -0.25) is 0 Å². The normalized spacial score (nSPS) is 27.8. The molecular weight excluding hydrogens is 256 g/mol. The van der Waals surface area contributed by atoms with Gasteiger partial charge in [-0.2, -0.15) is 0 Å². The average molecular weight is 271 g/mol. The highest BCUT2D eigenvalue weighted by Crippen LogP contribution is 2.24. The second-order valence-electron chi connectivity index (χ2n) is 4.25. The molecule has 0 spiro atoms. The number of rotatable bonds is 3. The molecular formula is C13H15ClO4.